The predicted molar refractivity (Wildman–Crippen MR) is 150 cm³/mol. The van der Waals surface area contributed by atoms with Crippen molar-refractivity contribution in [1.82, 2.24) is 20.2 Å². The number of amides is 1. The second kappa shape index (κ2) is 14.1. The van der Waals surface area contributed by atoms with E-state index in [1.807, 2.05) is 75.6 Å². The van der Waals surface area contributed by atoms with Crippen LogP contribution in [0.4, 0.5) is 17.3 Å². The molecule has 0 unspecified atom stereocenters. The highest BCUT2D eigenvalue weighted by Crippen LogP contribution is 2.31. The fourth-order valence-electron chi connectivity index (χ4n) is 3.24. The number of ether oxygens (including phenoxy) is 2. The van der Waals surface area contributed by atoms with E-state index in [4.69, 9.17) is 9.47 Å². The van der Waals surface area contributed by atoms with E-state index in [-0.39, 0.29) is 11.8 Å². The Hall–Kier alpha value is -3.79. The topological polar surface area (TPSA) is 114 Å². The Labute approximate surface area is 221 Å². The number of fused-ring (bicyclic) bond motifs is 1. The molecule has 1 saturated carbocycles. The number of nitrogens with zero attached hydrogens (tertiary/aromatic N) is 3. The van der Waals surface area contributed by atoms with Crippen molar-refractivity contribution in [3.05, 3.63) is 54.7 Å². The van der Waals surface area contributed by atoms with Crippen molar-refractivity contribution in [2.24, 2.45) is 5.92 Å². The maximum Gasteiger partial charge on any atom is 0.227 e. The molecule has 37 heavy (non-hydrogen) atoms. The Bertz CT molecular complexity index is 1270. The van der Waals surface area contributed by atoms with Gasteiger partial charge >= 0.3 is 0 Å². The van der Waals surface area contributed by atoms with E-state index in [1.165, 1.54) is 11.8 Å². The van der Waals surface area contributed by atoms with E-state index in [0.717, 1.165) is 41.0 Å². The Morgan fingerprint density at radius 1 is 1.11 bits per heavy atom. The Kier molecular flexibility index (Phi) is 10.6. The summed E-state index contributed by atoms with van der Waals surface area (Å²) in [5, 5.41) is 15.0. The zero-order valence-corrected chi connectivity index (χ0v) is 22.7. The maximum atomic E-state index is 11.4. The lowest BCUT2D eigenvalue weighted by atomic mass is 10.2. The molecule has 0 spiro atoms. The lowest BCUT2D eigenvalue weighted by Gasteiger charge is -2.10. The number of aromatic amines is 1. The highest BCUT2D eigenvalue weighted by molar-refractivity contribution is 7.98. The predicted octanol–water partition coefficient (Wildman–Crippen LogP) is 6.29. The monoisotopic (exact) mass is 522 g/mol. The third-order valence-electron chi connectivity index (χ3n) is 5.23. The van der Waals surface area contributed by atoms with E-state index in [0.29, 0.717) is 23.3 Å². The lowest BCUT2D eigenvalue weighted by Crippen LogP contribution is -2.12. The Morgan fingerprint density at radius 3 is 2.49 bits per heavy atom. The Balaban J connectivity index is 0.000000207. The van der Waals surface area contributed by atoms with Crippen LogP contribution < -0.4 is 20.1 Å². The van der Waals surface area contributed by atoms with Gasteiger partial charge in [-0.25, -0.2) is 9.97 Å². The quantitative estimate of drug-likeness (QED) is 0.183. The van der Waals surface area contributed by atoms with Crippen molar-refractivity contribution in [2.75, 3.05) is 30.6 Å². The molecule has 4 aromatic rings. The molecule has 10 heteroatoms. The number of hydrogen-bond donors (Lipinski definition) is 3. The first-order valence-corrected chi connectivity index (χ1v) is 13.5. The van der Waals surface area contributed by atoms with Gasteiger partial charge in [0.2, 0.25) is 5.91 Å². The Morgan fingerprint density at radius 2 is 1.84 bits per heavy atom. The molecule has 196 valence electrons. The van der Waals surface area contributed by atoms with Crippen LogP contribution in [0.15, 0.2) is 59.9 Å². The highest BCUT2D eigenvalue weighted by atomic mass is 32.2. The van der Waals surface area contributed by atoms with E-state index in [2.05, 4.69) is 30.8 Å². The van der Waals surface area contributed by atoms with Gasteiger partial charge in [0, 0.05) is 17.0 Å². The average molecular weight is 523 g/mol. The second-order valence-corrected chi connectivity index (χ2v) is 8.51. The summed E-state index contributed by atoms with van der Waals surface area (Å²) in [7, 11) is 1.62. The first kappa shape index (κ1) is 27.8. The molecule has 0 bridgehead atoms. The number of carbonyl (C=O) groups excluding carboxylic acids is 1. The molecule has 0 aliphatic heterocycles. The molecule has 2 heterocycles. The number of hydrogen-bond acceptors (Lipinski definition) is 8. The number of carbonyl (C=O) groups is 1. The summed E-state index contributed by atoms with van der Waals surface area (Å²) in [6.07, 6.45) is 5.67. The molecule has 0 atom stereocenters. The molecule has 1 aliphatic carbocycles. The van der Waals surface area contributed by atoms with Crippen LogP contribution in [0.5, 0.6) is 11.5 Å². The normalized spacial score (nSPS) is 11.9. The van der Waals surface area contributed by atoms with Crippen molar-refractivity contribution < 1.29 is 14.3 Å². The fourth-order valence-corrected chi connectivity index (χ4v) is 3.58. The van der Waals surface area contributed by atoms with E-state index in [9.17, 15) is 4.79 Å². The molecule has 1 fully saturated rings. The average Bonchev–Trinajstić information content (AvgIpc) is 3.73. The number of nitrogens with one attached hydrogen (secondary N) is 3. The summed E-state index contributed by atoms with van der Waals surface area (Å²) in [5.41, 5.74) is 1.81. The number of rotatable bonds is 8. The summed E-state index contributed by atoms with van der Waals surface area (Å²) in [6, 6.07) is 15.3. The van der Waals surface area contributed by atoms with E-state index >= 15 is 0 Å². The summed E-state index contributed by atoms with van der Waals surface area (Å²) in [4.78, 5) is 20.1. The molecule has 3 N–H and O–H groups in total. The van der Waals surface area contributed by atoms with Gasteiger partial charge in [0.15, 0.2) is 22.5 Å². The first-order valence-electron chi connectivity index (χ1n) is 12.3. The number of methoxy groups -OCH3 is 1. The van der Waals surface area contributed by atoms with Crippen LogP contribution in [0, 0.1) is 5.92 Å². The number of H-pyrrole nitrogens is 1. The molecule has 5 rings (SSSR count). The number of aromatic nitrogens is 4. The molecular formula is C27H34N6O3S. The molecule has 1 amide bonds. The molecule has 2 aromatic carbocycles. The minimum absolute atomic E-state index is 0.134. The van der Waals surface area contributed by atoms with E-state index in [1.54, 1.807) is 13.3 Å². The fraction of sp³-hybridized carbons (Fsp3) is 0.333. The maximum absolute atomic E-state index is 11.4. The summed E-state index contributed by atoms with van der Waals surface area (Å²) in [5.74, 6) is 3.13. The summed E-state index contributed by atoms with van der Waals surface area (Å²) in [6.45, 7) is 6.48. The van der Waals surface area contributed by atoms with Crippen LogP contribution in [0.25, 0.3) is 10.9 Å². The SMILES string of the molecule is CC.CCOc1cnc(SC)nc1Nc1n[nH]c2ccccc12.COc1ccc(NC(=O)C2CC2)cc1. The third kappa shape index (κ3) is 7.85. The van der Waals surface area contributed by atoms with Gasteiger partial charge in [-0.2, -0.15) is 5.10 Å². The van der Waals surface area contributed by atoms with Crippen LogP contribution in [0.1, 0.15) is 33.6 Å². The van der Waals surface area contributed by atoms with Gasteiger partial charge in [-0.3, -0.25) is 9.89 Å². The number of anilines is 3. The molecule has 9 nitrogen and oxygen atoms in total. The van der Waals surface area contributed by atoms with Crippen molar-refractivity contribution in [2.45, 2.75) is 38.8 Å². The van der Waals surface area contributed by atoms with Gasteiger partial charge in [0.1, 0.15) is 5.75 Å². The molecule has 2 aromatic heterocycles. The van der Waals surface area contributed by atoms with Crippen LogP contribution in [0.3, 0.4) is 0 Å². The van der Waals surface area contributed by atoms with Crippen molar-refractivity contribution >= 4 is 45.9 Å². The van der Waals surface area contributed by atoms with Crippen molar-refractivity contribution in [1.29, 1.82) is 0 Å². The summed E-state index contributed by atoms with van der Waals surface area (Å²) < 4.78 is 10.6. The van der Waals surface area contributed by atoms with Gasteiger partial charge in [0.05, 0.1) is 25.4 Å². The van der Waals surface area contributed by atoms with Crippen molar-refractivity contribution in [3.8, 4) is 11.5 Å². The molecule has 0 radical (unpaired) electrons. The first-order chi connectivity index (χ1) is 18.1. The minimum Gasteiger partial charge on any atom is -0.497 e. The van der Waals surface area contributed by atoms with Crippen LogP contribution in [-0.2, 0) is 4.79 Å². The number of para-hydroxylation sites is 1. The van der Waals surface area contributed by atoms with Crippen LogP contribution in [-0.4, -0.2) is 46.0 Å². The van der Waals surface area contributed by atoms with Gasteiger partial charge in [-0.15, -0.1) is 0 Å². The highest BCUT2D eigenvalue weighted by Gasteiger charge is 2.29. The molecular weight excluding hydrogens is 488 g/mol. The number of thioether (sulfide) groups is 1. The largest absolute Gasteiger partial charge is 0.497 e. The second-order valence-electron chi connectivity index (χ2n) is 7.74. The van der Waals surface area contributed by atoms with Gasteiger partial charge in [-0.05, 0) is 62.4 Å². The smallest absolute Gasteiger partial charge is 0.227 e. The third-order valence-corrected chi connectivity index (χ3v) is 5.79. The van der Waals surface area contributed by atoms with Gasteiger partial charge < -0.3 is 20.1 Å². The number of benzene rings is 2. The van der Waals surface area contributed by atoms with Gasteiger partial charge in [-0.1, -0.05) is 37.7 Å². The summed E-state index contributed by atoms with van der Waals surface area (Å²) >= 11 is 1.48. The molecule has 1 aliphatic rings. The van der Waals surface area contributed by atoms with Crippen LogP contribution in [0.2, 0.25) is 0 Å². The minimum atomic E-state index is 0.134. The van der Waals surface area contributed by atoms with E-state index < -0.39 is 0 Å². The van der Waals surface area contributed by atoms with Crippen molar-refractivity contribution in [3.63, 3.8) is 0 Å². The zero-order valence-electron chi connectivity index (χ0n) is 21.9. The van der Waals surface area contributed by atoms with Gasteiger partial charge in [0.25, 0.3) is 0 Å². The zero-order chi connectivity index (χ0) is 26.6. The lowest BCUT2D eigenvalue weighted by molar-refractivity contribution is -0.117. The standard InChI is InChI=1S/C14H15N5OS.C11H13NO2.C2H6/c1-3-20-11-8-15-14(21-2)17-13(11)16-12-9-6-4-5-7-10(9)18-19-12;1-14-10-6-4-9(5-7-10)12-11(13)8-2-3-8;1-2/h4-8H,3H2,1-2H3,(H2,15,16,17,18,19);4-8H,2-3H2,1H3,(H,12,13);1-2H3. The van der Waals surface area contributed by atoms with Crippen LogP contribution >= 0.6 is 11.8 Å². The molecule has 0 saturated heterocycles.